The number of nitrogens with zero attached hydrogens (tertiary/aromatic N) is 2. The molecule has 1 aromatic heterocycles. The Morgan fingerprint density at radius 2 is 1.80 bits per heavy atom. The molecular formula is C23H35N3O3S. The van der Waals surface area contributed by atoms with Gasteiger partial charge in [0, 0.05) is 18.3 Å². The van der Waals surface area contributed by atoms with Gasteiger partial charge in [-0.2, -0.15) is 0 Å². The van der Waals surface area contributed by atoms with Gasteiger partial charge in [-0.25, -0.2) is 14.6 Å². The average Bonchev–Trinajstić information content (AvgIpc) is 3.21. The first kappa shape index (κ1) is 25.6. The minimum absolute atomic E-state index is 0.0606. The summed E-state index contributed by atoms with van der Waals surface area (Å²) in [6, 6.07) is 9.35. The van der Waals surface area contributed by atoms with Gasteiger partial charge in [0.05, 0.1) is 24.4 Å². The number of benzene rings is 1. The van der Waals surface area contributed by atoms with Crippen molar-refractivity contribution in [3.05, 3.63) is 52.0 Å². The number of rotatable bonds is 8. The van der Waals surface area contributed by atoms with E-state index in [1.54, 1.807) is 18.4 Å². The van der Waals surface area contributed by atoms with Crippen molar-refractivity contribution in [1.29, 1.82) is 0 Å². The number of thiazole rings is 1. The number of carbonyl (C=O) groups is 2. The normalized spacial score (nSPS) is 12.4. The molecule has 0 aliphatic rings. The van der Waals surface area contributed by atoms with Gasteiger partial charge in [-0.15, -0.1) is 11.3 Å². The van der Waals surface area contributed by atoms with Gasteiger partial charge in [-0.3, -0.25) is 0 Å². The van der Waals surface area contributed by atoms with Crippen molar-refractivity contribution in [3.8, 4) is 0 Å². The van der Waals surface area contributed by atoms with E-state index >= 15 is 0 Å². The molecule has 2 rings (SSSR count). The summed E-state index contributed by atoms with van der Waals surface area (Å²) in [5.41, 5.74) is 2.13. The number of hydrogen-bond donors (Lipinski definition) is 1. The second-order valence-corrected chi connectivity index (χ2v) is 8.21. The zero-order chi connectivity index (χ0) is 22.7. The van der Waals surface area contributed by atoms with E-state index in [0.717, 1.165) is 17.1 Å². The number of carbonyl (C=O) groups excluding carboxylic acids is 2. The lowest BCUT2D eigenvalue weighted by atomic mass is 10.0. The van der Waals surface area contributed by atoms with Gasteiger partial charge >= 0.3 is 12.0 Å². The Morgan fingerprint density at radius 3 is 2.37 bits per heavy atom. The molecule has 2 aromatic rings. The maximum absolute atomic E-state index is 12.4. The zero-order valence-electron chi connectivity index (χ0n) is 19.1. The van der Waals surface area contributed by atoms with Gasteiger partial charge in [0.2, 0.25) is 0 Å². The lowest BCUT2D eigenvalue weighted by molar-refractivity contribution is -0.144. The maximum atomic E-state index is 12.4. The molecular weight excluding hydrogens is 398 g/mol. The number of ether oxygens (including phenoxy) is 1. The van der Waals surface area contributed by atoms with Crippen LogP contribution in [0.1, 0.15) is 56.8 Å². The Labute approximate surface area is 184 Å². The van der Waals surface area contributed by atoms with E-state index in [1.807, 2.05) is 51.3 Å². The third kappa shape index (κ3) is 7.78. The fourth-order valence-corrected chi connectivity index (χ4v) is 3.73. The van der Waals surface area contributed by atoms with E-state index in [0.29, 0.717) is 12.5 Å². The van der Waals surface area contributed by atoms with Crippen LogP contribution in [0.25, 0.3) is 0 Å². The first-order chi connectivity index (χ1) is 14.3. The van der Waals surface area contributed by atoms with Crippen molar-refractivity contribution in [2.45, 2.75) is 59.5 Å². The number of methoxy groups -OCH3 is 1. The van der Waals surface area contributed by atoms with E-state index in [9.17, 15) is 9.59 Å². The van der Waals surface area contributed by atoms with Crippen LogP contribution in [0.15, 0.2) is 35.7 Å². The maximum Gasteiger partial charge on any atom is 0.328 e. The van der Waals surface area contributed by atoms with Gasteiger partial charge in [0.15, 0.2) is 0 Å². The lowest BCUT2D eigenvalue weighted by Crippen LogP contribution is -2.49. The van der Waals surface area contributed by atoms with Crippen molar-refractivity contribution in [3.63, 3.8) is 0 Å². The second kappa shape index (κ2) is 13.0. The highest BCUT2D eigenvalue weighted by molar-refractivity contribution is 7.09. The van der Waals surface area contributed by atoms with Crippen molar-refractivity contribution in [1.82, 2.24) is 15.2 Å². The molecule has 1 heterocycles. The Kier molecular flexibility index (Phi) is 11.1. The van der Waals surface area contributed by atoms with Crippen LogP contribution < -0.4 is 5.32 Å². The third-order valence-corrected chi connectivity index (χ3v) is 5.65. The van der Waals surface area contributed by atoms with Crippen molar-refractivity contribution < 1.29 is 14.3 Å². The van der Waals surface area contributed by atoms with Crippen molar-refractivity contribution in [2.75, 3.05) is 14.2 Å². The first-order valence-electron chi connectivity index (χ1n) is 10.4. The minimum atomic E-state index is -0.670. The topological polar surface area (TPSA) is 71.5 Å². The number of hydrogen-bond acceptors (Lipinski definition) is 5. The largest absolute Gasteiger partial charge is 0.467 e. The highest BCUT2D eigenvalue weighted by Crippen LogP contribution is 2.24. The molecule has 0 fully saturated rings. The first-order valence-corrected chi connectivity index (χ1v) is 11.3. The monoisotopic (exact) mass is 433 g/mol. The molecule has 0 radical (unpaired) electrons. The smallest absolute Gasteiger partial charge is 0.328 e. The zero-order valence-corrected chi connectivity index (χ0v) is 20.0. The van der Waals surface area contributed by atoms with Crippen LogP contribution in [-0.4, -0.2) is 42.1 Å². The van der Waals surface area contributed by atoms with E-state index in [1.165, 1.54) is 17.6 Å². The molecule has 0 saturated carbocycles. The second-order valence-electron chi connectivity index (χ2n) is 7.32. The molecule has 6 nitrogen and oxygen atoms in total. The molecule has 0 bridgehead atoms. The van der Waals surface area contributed by atoms with Crippen LogP contribution in [0.4, 0.5) is 4.79 Å². The van der Waals surface area contributed by atoms with E-state index in [4.69, 9.17) is 9.72 Å². The summed E-state index contributed by atoms with van der Waals surface area (Å²) in [4.78, 5) is 30.5. The molecule has 166 valence electrons. The summed E-state index contributed by atoms with van der Waals surface area (Å²) in [6.45, 7) is 10.3. The Morgan fingerprint density at radius 1 is 1.17 bits per heavy atom. The SMILES string of the molecule is CC.COC(=O)[C@@H](NC(=O)N(C)Cc1csc(C(C)Cc2ccccc2)n1)C(C)C. The molecule has 0 aliphatic heterocycles. The third-order valence-electron chi connectivity index (χ3n) is 4.52. The molecule has 30 heavy (non-hydrogen) atoms. The molecule has 1 N–H and O–H groups in total. The fourth-order valence-electron chi connectivity index (χ4n) is 2.86. The van der Waals surface area contributed by atoms with Crippen LogP contribution in [-0.2, 0) is 22.5 Å². The molecule has 0 aliphatic carbocycles. The number of nitrogens with one attached hydrogen (secondary N) is 1. The molecule has 2 atom stereocenters. The van der Waals surface area contributed by atoms with Gasteiger partial charge in [-0.05, 0) is 17.9 Å². The Bertz CT molecular complexity index is 777. The Hall–Kier alpha value is -2.41. The summed E-state index contributed by atoms with van der Waals surface area (Å²) in [6.07, 6.45) is 0.930. The van der Waals surface area contributed by atoms with Crippen LogP contribution >= 0.6 is 11.3 Å². The molecule has 1 unspecified atom stereocenters. The number of aromatic nitrogens is 1. The molecule has 0 spiro atoms. The van der Waals surface area contributed by atoms with Crippen LogP contribution in [0.3, 0.4) is 0 Å². The average molecular weight is 434 g/mol. The number of amides is 2. The van der Waals surface area contributed by atoms with E-state index in [-0.39, 0.29) is 11.9 Å². The lowest BCUT2D eigenvalue weighted by Gasteiger charge is -2.23. The summed E-state index contributed by atoms with van der Waals surface area (Å²) in [5, 5.41) is 5.78. The molecule has 2 amide bonds. The predicted octanol–water partition coefficient (Wildman–Crippen LogP) is 4.85. The standard InChI is InChI=1S/C21H29N3O3S.C2H6/c1-14(2)18(20(25)27-5)23-21(26)24(4)12-17-13-28-19(22-17)15(3)11-16-9-7-6-8-10-16;1-2/h6-10,13-15,18H,11-12H2,1-5H3,(H,23,26);1-2H3/t15?,18-;/m0./s1. The van der Waals surface area contributed by atoms with Gasteiger partial charge in [0.1, 0.15) is 6.04 Å². The predicted molar refractivity (Wildman–Crippen MR) is 123 cm³/mol. The van der Waals surface area contributed by atoms with Crippen molar-refractivity contribution in [2.24, 2.45) is 5.92 Å². The Balaban J connectivity index is 0.00000218. The van der Waals surface area contributed by atoms with Crippen molar-refractivity contribution >= 4 is 23.3 Å². The van der Waals surface area contributed by atoms with Crippen LogP contribution in [0, 0.1) is 5.92 Å². The summed E-state index contributed by atoms with van der Waals surface area (Å²) >= 11 is 1.61. The summed E-state index contributed by atoms with van der Waals surface area (Å²) in [5.74, 6) is -0.193. The van der Waals surface area contributed by atoms with Gasteiger partial charge in [0.25, 0.3) is 0 Å². The molecule has 1 aromatic carbocycles. The number of urea groups is 1. The van der Waals surface area contributed by atoms with E-state index in [2.05, 4.69) is 24.4 Å². The quantitative estimate of drug-likeness (QED) is 0.604. The van der Waals surface area contributed by atoms with Gasteiger partial charge < -0.3 is 15.0 Å². The van der Waals surface area contributed by atoms with E-state index < -0.39 is 12.0 Å². The molecule has 7 heteroatoms. The highest BCUT2D eigenvalue weighted by Gasteiger charge is 2.26. The number of esters is 1. The summed E-state index contributed by atoms with van der Waals surface area (Å²) < 4.78 is 4.77. The fraction of sp³-hybridized carbons (Fsp3) is 0.522. The van der Waals surface area contributed by atoms with Crippen LogP contribution in [0.5, 0.6) is 0 Å². The van der Waals surface area contributed by atoms with Gasteiger partial charge in [-0.1, -0.05) is 65.0 Å². The van der Waals surface area contributed by atoms with Crippen LogP contribution in [0.2, 0.25) is 0 Å². The summed E-state index contributed by atoms with van der Waals surface area (Å²) in [7, 11) is 3.01. The minimum Gasteiger partial charge on any atom is -0.467 e. The highest BCUT2D eigenvalue weighted by atomic mass is 32.1. The molecule has 0 saturated heterocycles.